The zero-order chi connectivity index (χ0) is 15.5. The summed E-state index contributed by atoms with van der Waals surface area (Å²) in [6.45, 7) is 4.77. The fourth-order valence-electron chi connectivity index (χ4n) is 2.82. The van der Waals surface area contributed by atoms with E-state index in [9.17, 15) is 8.42 Å². The summed E-state index contributed by atoms with van der Waals surface area (Å²) in [5, 5.41) is 0. The van der Waals surface area contributed by atoms with E-state index >= 15 is 0 Å². The van der Waals surface area contributed by atoms with Crippen molar-refractivity contribution in [3.8, 4) is 0 Å². The van der Waals surface area contributed by atoms with Gasteiger partial charge < -0.3 is 5.73 Å². The summed E-state index contributed by atoms with van der Waals surface area (Å²) in [7, 11) is -3.56. The van der Waals surface area contributed by atoms with Gasteiger partial charge in [0.1, 0.15) is 10.7 Å². The summed E-state index contributed by atoms with van der Waals surface area (Å²) < 4.78 is 27.6. The van der Waals surface area contributed by atoms with Crippen molar-refractivity contribution in [1.29, 1.82) is 0 Å². The van der Waals surface area contributed by atoms with Gasteiger partial charge in [0.25, 0.3) is 0 Å². The lowest BCUT2D eigenvalue weighted by molar-refractivity contribution is 0.304. The van der Waals surface area contributed by atoms with Crippen molar-refractivity contribution in [1.82, 2.24) is 9.29 Å². The van der Waals surface area contributed by atoms with Crippen LogP contribution in [0.5, 0.6) is 0 Å². The van der Waals surface area contributed by atoms with Gasteiger partial charge in [-0.05, 0) is 37.3 Å². The highest BCUT2D eigenvalue weighted by Gasteiger charge is 2.34. The smallest absolute Gasteiger partial charge is 0.246 e. The van der Waals surface area contributed by atoms with E-state index in [0.717, 1.165) is 32.1 Å². The van der Waals surface area contributed by atoms with Gasteiger partial charge in [0.05, 0.1) is 0 Å². The van der Waals surface area contributed by atoms with Crippen LogP contribution in [0.15, 0.2) is 23.2 Å². The molecule has 1 heterocycles. The quantitative estimate of drug-likeness (QED) is 0.876. The lowest BCUT2D eigenvalue weighted by atomic mass is 10.1. The van der Waals surface area contributed by atoms with Crippen molar-refractivity contribution in [3.63, 3.8) is 0 Å². The highest BCUT2D eigenvalue weighted by atomic mass is 32.2. The molecule has 0 atom stereocenters. The van der Waals surface area contributed by atoms with Crippen molar-refractivity contribution in [2.24, 2.45) is 5.92 Å². The summed E-state index contributed by atoms with van der Waals surface area (Å²) in [6.07, 6.45) is 6.45. The van der Waals surface area contributed by atoms with E-state index in [1.165, 1.54) is 6.20 Å². The van der Waals surface area contributed by atoms with E-state index in [-0.39, 0.29) is 16.8 Å². The lowest BCUT2D eigenvalue weighted by Crippen LogP contribution is -2.40. The third-order valence-electron chi connectivity index (χ3n) is 4.05. The molecule has 0 unspecified atom stereocenters. The first-order chi connectivity index (χ1) is 9.93. The molecular weight excluding hydrogens is 286 g/mol. The summed E-state index contributed by atoms with van der Waals surface area (Å²) in [5.41, 5.74) is 5.78. The number of hydrogen-bond acceptors (Lipinski definition) is 4. The molecule has 1 aliphatic carbocycles. The highest BCUT2D eigenvalue weighted by molar-refractivity contribution is 7.89. The molecule has 0 saturated heterocycles. The lowest BCUT2D eigenvalue weighted by Gasteiger charge is -2.29. The van der Waals surface area contributed by atoms with Crippen molar-refractivity contribution < 1.29 is 8.42 Å². The van der Waals surface area contributed by atoms with Gasteiger partial charge in [0, 0.05) is 18.8 Å². The van der Waals surface area contributed by atoms with Crippen molar-refractivity contribution in [2.45, 2.75) is 56.9 Å². The predicted molar refractivity (Wildman–Crippen MR) is 84.3 cm³/mol. The van der Waals surface area contributed by atoms with Gasteiger partial charge >= 0.3 is 0 Å². The first-order valence-corrected chi connectivity index (χ1v) is 9.09. The Morgan fingerprint density at radius 2 is 2.05 bits per heavy atom. The second-order valence-corrected chi connectivity index (χ2v) is 7.98. The van der Waals surface area contributed by atoms with Gasteiger partial charge in [-0.25, -0.2) is 13.4 Å². The molecule has 0 aromatic carbocycles. The molecule has 0 aliphatic heterocycles. The minimum absolute atomic E-state index is 0.0880. The van der Waals surface area contributed by atoms with Gasteiger partial charge in [0.2, 0.25) is 10.0 Å². The van der Waals surface area contributed by atoms with Crippen LogP contribution in [-0.2, 0) is 10.0 Å². The number of sulfonamides is 1. The van der Waals surface area contributed by atoms with Crippen molar-refractivity contribution in [2.75, 3.05) is 12.3 Å². The summed E-state index contributed by atoms with van der Waals surface area (Å²) in [6, 6.07) is 3.28. The standard InChI is InChI=1S/C15H25N3O2S/c1-12(2)9-11-18(13-6-3-4-7-13)21(19,20)14-8-5-10-17-15(14)16/h5,8,10,12-13H,3-4,6-7,9,11H2,1-2H3,(H2,16,17). The first-order valence-electron chi connectivity index (χ1n) is 7.65. The number of aromatic nitrogens is 1. The van der Waals surface area contributed by atoms with Crippen LogP contribution in [-0.4, -0.2) is 30.3 Å². The number of anilines is 1. The average molecular weight is 311 g/mol. The van der Waals surface area contributed by atoms with E-state index in [1.54, 1.807) is 16.4 Å². The van der Waals surface area contributed by atoms with Crippen LogP contribution in [0, 0.1) is 5.92 Å². The Morgan fingerprint density at radius 3 is 2.62 bits per heavy atom. The van der Waals surface area contributed by atoms with Crippen molar-refractivity contribution in [3.05, 3.63) is 18.3 Å². The Bertz CT molecular complexity index is 566. The topological polar surface area (TPSA) is 76.3 Å². The summed E-state index contributed by atoms with van der Waals surface area (Å²) in [5.74, 6) is 0.556. The van der Waals surface area contributed by atoms with Gasteiger partial charge in [-0.1, -0.05) is 26.7 Å². The molecule has 21 heavy (non-hydrogen) atoms. The maximum atomic E-state index is 13.0. The molecule has 118 valence electrons. The molecule has 0 bridgehead atoms. The zero-order valence-corrected chi connectivity index (χ0v) is 13.6. The molecule has 1 saturated carbocycles. The Labute approximate surface area is 127 Å². The van der Waals surface area contributed by atoms with Crippen molar-refractivity contribution >= 4 is 15.8 Å². The molecule has 1 aromatic rings. The van der Waals surface area contributed by atoms with Crippen LogP contribution in [0.2, 0.25) is 0 Å². The second kappa shape index (κ2) is 6.75. The molecule has 1 aliphatic rings. The van der Waals surface area contributed by atoms with Gasteiger partial charge in [0.15, 0.2) is 0 Å². The largest absolute Gasteiger partial charge is 0.383 e. The monoisotopic (exact) mass is 311 g/mol. The van der Waals surface area contributed by atoms with Gasteiger partial charge in [-0.3, -0.25) is 0 Å². The molecule has 2 rings (SSSR count). The van der Waals surface area contributed by atoms with Crippen LogP contribution in [0.25, 0.3) is 0 Å². The molecule has 5 nitrogen and oxygen atoms in total. The number of nitrogen functional groups attached to an aromatic ring is 1. The highest BCUT2D eigenvalue weighted by Crippen LogP contribution is 2.30. The van der Waals surface area contributed by atoms with Crippen LogP contribution >= 0.6 is 0 Å². The minimum Gasteiger partial charge on any atom is -0.383 e. The summed E-state index contributed by atoms with van der Waals surface area (Å²) in [4.78, 5) is 4.06. The van der Waals surface area contributed by atoms with E-state index in [0.29, 0.717) is 12.5 Å². The molecular formula is C15H25N3O2S. The van der Waals surface area contributed by atoms with E-state index < -0.39 is 10.0 Å². The molecule has 0 radical (unpaired) electrons. The third-order valence-corrected chi connectivity index (χ3v) is 6.04. The molecule has 0 amide bonds. The van der Waals surface area contributed by atoms with Crippen LogP contribution < -0.4 is 5.73 Å². The van der Waals surface area contributed by atoms with Gasteiger partial charge in [-0.2, -0.15) is 4.31 Å². The minimum atomic E-state index is -3.56. The molecule has 6 heteroatoms. The Morgan fingerprint density at radius 1 is 1.38 bits per heavy atom. The van der Waals surface area contributed by atoms with Crippen LogP contribution in [0.3, 0.4) is 0 Å². The summed E-state index contributed by atoms with van der Waals surface area (Å²) >= 11 is 0. The maximum absolute atomic E-state index is 13.0. The molecule has 0 spiro atoms. The van der Waals surface area contributed by atoms with Crippen LogP contribution in [0.1, 0.15) is 46.0 Å². The Hall–Kier alpha value is -1.14. The first kappa shape index (κ1) is 16.2. The molecule has 1 fully saturated rings. The number of pyridine rings is 1. The Balaban J connectivity index is 2.32. The third kappa shape index (κ3) is 3.74. The van der Waals surface area contributed by atoms with E-state index in [1.807, 2.05) is 0 Å². The second-order valence-electron chi connectivity index (χ2n) is 6.12. The maximum Gasteiger partial charge on any atom is 0.246 e. The van der Waals surface area contributed by atoms with E-state index in [4.69, 9.17) is 5.73 Å². The predicted octanol–water partition coefficient (Wildman–Crippen LogP) is 2.64. The molecule has 1 aromatic heterocycles. The zero-order valence-electron chi connectivity index (χ0n) is 12.8. The SMILES string of the molecule is CC(C)CCN(C1CCCC1)S(=O)(=O)c1cccnc1N. The molecule has 2 N–H and O–H groups in total. The number of nitrogens with two attached hydrogens (primary N) is 1. The fraction of sp³-hybridized carbons (Fsp3) is 0.667. The number of hydrogen-bond donors (Lipinski definition) is 1. The number of nitrogens with zero attached hydrogens (tertiary/aromatic N) is 2. The normalized spacial score (nSPS) is 17.0. The van der Waals surface area contributed by atoms with Crippen LogP contribution in [0.4, 0.5) is 5.82 Å². The average Bonchev–Trinajstić information content (AvgIpc) is 2.92. The fourth-order valence-corrected chi connectivity index (χ4v) is 4.59. The number of rotatable bonds is 6. The van der Waals surface area contributed by atoms with Gasteiger partial charge in [-0.15, -0.1) is 0 Å². The van der Waals surface area contributed by atoms with E-state index in [2.05, 4.69) is 18.8 Å². The Kier molecular flexibility index (Phi) is 5.22.